The molecule has 0 aliphatic carbocycles. The van der Waals surface area contributed by atoms with Gasteiger partial charge in [0.2, 0.25) is 0 Å². The lowest BCUT2D eigenvalue weighted by atomic mass is 10.1. The average Bonchev–Trinajstić information content (AvgIpc) is 2.24. The second-order valence-corrected chi connectivity index (χ2v) is 4.21. The second kappa shape index (κ2) is 5.18. The van der Waals surface area contributed by atoms with Crippen molar-refractivity contribution in [1.82, 2.24) is 0 Å². The fourth-order valence-corrected chi connectivity index (χ4v) is 1.26. The van der Waals surface area contributed by atoms with Crippen molar-refractivity contribution >= 4 is 0 Å². The van der Waals surface area contributed by atoms with E-state index in [1.165, 1.54) is 7.11 Å². The van der Waals surface area contributed by atoms with Crippen LogP contribution in [0.5, 0.6) is 11.5 Å². The van der Waals surface area contributed by atoms with Gasteiger partial charge in [0.1, 0.15) is 6.61 Å². The Morgan fingerprint density at radius 1 is 1.31 bits per heavy atom. The molecule has 0 saturated heterocycles. The largest absolute Gasteiger partial charge is 0.493 e. The van der Waals surface area contributed by atoms with E-state index in [2.05, 4.69) is 0 Å². The molecule has 0 aliphatic heterocycles. The van der Waals surface area contributed by atoms with Gasteiger partial charge in [-0.05, 0) is 19.9 Å². The molecule has 0 aromatic heterocycles. The second-order valence-electron chi connectivity index (χ2n) is 4.21. The van der Waals surface area contributed by atoms with E-state index in [-0.39, 0.29) is 13.2 Å². The van der Waals surface area contributed by atoms with Crippen LogP contribution in [0.25, 0.3) is 0 Å². The van der Waals surface area contributed by atoms with Crippen molar-refractivity contribution in [2.24, 2.45) is 0 Å². The molecule has 0 radical (unpaired) electrons. The van der Waals surface area contributed by atoms with Crippen LogP contribution in [0.1, 0.15) is 19.4 Å². The van der Waals surface area contributed by atoms with Gasteiger partial charge in [-0.2, -0.15) is 0 Å². The van der Waals surface area contributed by atoms with Crippen LogP contribution in [0.4, 0.5) is 0 Å². The maximum absolute atomic E-state index is 9.58. The standard InChI is InChI=1S/C12H18O4/c1-12(2,14)8-16-11-9(7-13)5-4-6-10(11)15-3/h4-6,13-14H,7-8H2,1-3H3. The number of hydrogen-bond acceptors (Lipinski definition) is 4. The molecule has 1 rings (SSSR count). The summed E-state index contributed by atoms with van der Waals surface area (Å²) in [5, 5.41) is 18.7. The first-order chi connectivity index (χ1) is 7.48. The van der Waals surface area contributed by atoms with E-state index < -0.39 is 5.60 Å². The third kappa shape index (κ3) is 3.40. The Bertz CT molecular complexity index is 319. The maximum atomic E-state index is 9.58. The normalized spacial score (nSPS) is 11.3. The van der Waals surface area contributed by atoms with Crippen molar-refractivity contribution in [3.05, 3.63) is 23.8 Å². The lowest BCUT2D eigenvalue weighted by Crippen LogP contribution is -2.28. The Kier molecular flexibility index (Phi) is 4.15. The Labute approximate surface area is 95.4 Å². The van der Waals surface area contributed by atoms with Crippen LogP contribution in [0.15, 0.2) is 18.2 Å². The number of ether oxygens (including phenoxy) is 2. The van der Waals surface area contributed by atoms with Gasteiger partial charge in [0.05, 0.1) is 19.3 Å². The predicted molar refractivity (Wildman–Crippen MR) is 60.7 cm³/mol. The molecular formula is C12H18O4. The molecule has 1 aromatic rings. The summed E-state index contributed by atoms with van der Waals surface area (Å²) in [5.41, 5.74) is -0.281. The van der Waals surface area contributed by atoms with Gasteiger partial charge in [0.25, 0.3) is 0 Å². The Morgan fingerprint density at radius 3 is 2.50 bits per heavy atom. The van der Waals surface area contributed by atoms with Crippen LogP contribution in [-0.4, -0.2) is 29.5 Å². The van der Waals surface area contributed by atoms with Crippen molar-refractivity contribution in [3.63, 3.8) is 0 Å². The quantitative estimate of drug-likeness (QED) is 0.795. The molecule has 0 bridgehead atoms. The molecule has 1 aromatic carbocycles. The van der Waals surface area contributed by atoms with E-state index in [9.17, 15) is 5.11 Å². The highest BCUT2D eigenvalue weighted by Crippen LogP contribution is 2.31. The van der Waals surface area contributed by atoms with Crippen LogP contribution >= 0.6 is 0 Å². The summed E-state index contributed by atoms with van der Waals surface area (Å²) >= 11 is 0. The highest BCUT2D eigenvalue weighted by Gasteiger charge is 2.17. The first kappa shape index (κ1) is 12.8. The zero-order valence-electron chi connectivity index (χ0n) is 9.86. The molecule has 16 heavy (non-hydrogen) atoms. The van der Waals surface area contributed by atoms with Crippen LogP contribution in [-0.2, 0) is 6.61 Å². The fraction of sp³-hybridized carbons (Fsp3) is 0.500. The zero-order chi connectivity index (χ0) is 12.2. The van der Waals surface area contributed by atoms with Crippen LogP contribution < -0.4 is 9.47 Å². The van der Waals surface area contributed by atoms with Gasteiger partial charge in [-0.15, -0.1) is 0 Å². The van der Waals surface area contributed by atoms with Crippen LogP contribution in [0.2, 0.25) is 0 Å². The minimum Gasteiger partial charge on any atom is -0.493 e. The molecule has 2 N–H and O–H groups in total. The summed E-state index contributed by atoms with van der Waals surface area (Å²) in [6, 6.07) is 5.28. The fourth-order valence-electron chi connectivity index (χ4n) is 1.26. The van der Waals surface area contributed by atoms with E-state index in [0.717, 1.165) is 0 Å². The first-order valence-corrected chi connectivity index (χ1v) is 5.10. The Balaban J connectivity index is 2.91. The van der Waals surface area contributed by atoms with E-state index in [4.69, 9.17) is 14.6 Å². The van der Waals surface area contributed by atoms with Gasteiger partial charge in [-0.1, -0.05) is 12.1 Å². The summed E-state index contributed by atoms with van der Waals surface area (Å²) in [5.74, 6) is 1.03. The van der Waals surface area contributed by atoms with Gasteiger partial charge in [-0.25, -0.2) is 0 Å². The SMILES string of the molecule is COc1cccc(CO)c1OCC(C)(C)O. The predicted octanol–water partition coefficient (Wildman–Crippen LogP) is 1.34. The number of benzene rings is 1. The van der Waals surface area contributed by atoms with Crippen molar-refractivity contribution in [2.45, 2.75) is 26.1 Å². The summed E-state index contributed by atoms with van der Waals surface area (Å²) < 4.78 is 10.6. The number of aliphatic hydroxyl groups is 2. The van der Waals surface area contributed by atoms with Gasteiger partial charge in [-0.3, -0.25) is 0 Å². The molecule has 4 nitrogen and oxygen atoms in total. The van der Waals surface area contributed by atoms with Gasteiger partial charge >= 0.3 is 0 Å². The molecule has 0 fully saturated rings. The van der Waals surface area contributed by atoms with Crippen molar-refractivity contribution < 1.29 is 19.7 Å². The van der Waals surface area contributed by atoms with Gasteiger partial charge < -0.3 is 19.7 Å². The number of rotatable bonds is 5. The van der Waals surface area contributed by atoms with E-state index >= 15 is 0 Å². The molecule has 0 aliphatic rings. The average molecular weight is 226 g/mol. The molecule has 90 valence electrons. The van der Waals surface area contributed by atoms with Gasteiger partial charge in [0, 0.05) is 5.56 Å². The number of para-hydroxylation sites is 1. The first-order valence-electron chi connectivity index (χ1n) is 5.10. The highest BCUT2D eigenvalue weighted by atomic mass is 16.5. The van der Waals surface area contributed by atoms with Crippen molar-refractivity contribution in [2.75, 3.05) is 13.7 Å². The van der Waals surface area contributed by atoms with Crippen LogP contribution in [0.3, 0.4) is 0 Å². The number of methoxy groups -OCH3 is 1. The molecular weight excluding hydrogens is 208 g/mol. The van der Waals surface area contributed by atoms with Crippen LogP contribution in [0, 0.1) is 0 Å². The molecule has 0 heterocycles. The lowest BCUT2D eigenvalue weighted by molar-refractivity contribution is 0.0268. The van der Waals surface area contributed by atoms with E-state index in [1.54, 1.807) is 32.0 Å². The minimum absolute atomic E-state index is 0.127. The number of aliphatic hydroxyl groups excluding tert-OH is 1. The molecule has 0 unspecified atom stereocenters. The molecule has 0 atom stereocenters. The Hall–Kier alpha value is -1.26. The third-order valence-corrected chi connectivity index (χ3v) is 2.02. The molecule has 0 spiro atoms. The highest BCUT2D eigenvalue weighted by molar-refractivity contribution is 5.46. The lowest BCUT2D eigenvalue weighted by Gasteiger charge is -2.20. The molecule has 4 heteroatoms. The van der Waals surface area contributed by atoms with Crippen molar-refractivity contribution in [1.29, 1.82) is 0 Å². The summed E-state index contributed by atoms with van der Waals surface area (Å²) in [4.78, 5) is 0. The zero-order valence-corrected chi connectivity index (χ0v) is 9.86. The Morgan fingerprint density at radius 2 is 2.00 bits per heavy atom. The smallest absolute Gasteiger partial charge is 0.166 e. The van der Waals surface area contributed by atoms with Gasteiger partial charge in [0.15, 0.2) is 11.5 Å². The summed E-state index contributed by atoms with van der Waals surface area (Å²) in [7, 11) is 1.54. The molecule has 0 saturated carbocycles. The summed E-state index contributed by atoms with van der Waals surface area (Å²) in [6.45, 7) is 3.32. The van der Waals surface area contributed by atoms with Crippen molar-refractivity contribution in [3.8, 4) is 11.5 Å². The monoisotopic (exact) mass is 226 g/mol. The third-order valence-electron chi connectivity index (χ3n) is 2.02. The maximum Gasteiger partial charge on any atom is 0.166 e. The topological polar surface area (TPSA) is 58.9 Å². The van der Waals surface area contributed by atoms with E-state index in [0.29, 0.717) is 17.1 Å². The van der Waals surface area contributed by atoms with E-state index in [1.807, 2.05) is 0 Å². The minimum atomic E-state index is -0.923. The molecule has 0 amide bonds. The summed E-state index contributed by atoms with van der Waals surface area (Å²) in [6.07, 6.45) is 0. The number of hydrogen-bond donors (Lipinski definition) is 2.